The molecule has 0 atom stereocenters. The average Bonchev–Trinajstić information content (AvgIpc) is 2.91. The zero-order chi connectivity index (χ0) is 13.9. The first-order valence-corrected chi connectivity index (χ1v) is 7.85. The summed E-state index contributed by atoms with van der Waals surface area (Å²) in [5, 5.41) is 8.56. The molecular formula is C15H24N2OS. The van der Waals surface area contributed by atoms with Crippen molar-refractivity contribution in [2.45, 2.75) is 39.0 Å². The first kappa shape index (κ1) is 14.5. The second-order valence-corrected chi connectivity index (χ2v) is 7.30. The van der Waals surface area contributed by atoms with Crippen molar-refractivity contribution in [2.75, 3.05) is 19.6 Å². The van der Waals surface area contributed by atoms with Gasteiger partial charge in [-0.15, -0.1) is 11.3 Å². The summed E-state index contributed by atoms with van der Waals surface area (Å²) in [5.74, 6) is 0.207. The summed E-state index contributed by atoms with van der Waals surface area (Å²) in [7, 11) is 0. The molecule has 0 bridgehead atoms. The van der Waals surface area contributed by atoms with Crippen molar-refractivity contribution < 1.29 is 4.79 Å². The van der Waals surface area contributed by atoms with E-state index in [9.17, 15) is 4.79 Å². The topological polar surface area (TPSA) is 41.1 Å². The van der Waals surface area contributed by atoms with Gasteiger partial charge in [0.05, 0.1) is 0 Å². The van der Waals surface area contributed by atoms with Crippen LogP contribution in [0.15, 0.2) is 17.5 Å². The minimum absolute atomic E-state index is 0.00705. The third-order valence-electron chi connectivity index (χ3n) is 4.13. The van der Waals surface area contributed by atoms with Gasteiger partial charge in [0.15, 0.2) is 0 Å². The monoisotopic (exact) mass is 280 g/mol. The van der Waals surface area contributed by atoms with Crippen LogP contribution >= 0.6 is 11.3 Å². The predicted octanol–water partition coefficient (Wildman–Crippen LogP) is 2.53. The number of hydrogen-bond acceptors (Lipinski definition) is 3. The normalized spacial score (nSPS) is 19.1. The molecule has 1 aromatic heterocycles. The maximum absolute atomic E-state index is 12.4. The van der Waals surface area contributed by atoms with Gasteiger partial charge in [-0.05, 0) is 37.4 Å². The molecule has 1 aliphatic heterocycles. The Morgan fingerprint density at radius 2 is 2.16 bits per heavy atom. The van der Waals surface area contributed by atoms with Crippen LogP contribution in [-0.4, -0.2) is 25.5 Å². The molecule has 0 spiro atoms. The molecular weight excluding hydrogens is 256 g/mol. The van der Waals surface area contributed by atoms with Crippen LogP contribution in [0, 0.1) is 5.41 Å². The van der Waals surface area contributed by atoms with Gasteiger partial charge in [-0.2, -0.15) is 0 Å². The first-order chi connectivity index (χ1) is 8.94. The van der Waals surface area contributed by atoms with Crippen LogP contribution in [-0.2, 0) is 10.2 Å². The van der Waals surface area contributed by atoms with E-state index in [0.717, 1.165) is 25.9 Å². The van der Waals surface area contributed by atoms with Crippen molar-refractivity contribution in [3.05, 3.63) is 22.4 Å². The molecule has 1 aromatic rings. The van der Waals surface area contributed by atoms with Crippen molar-refractivity contribution in [3.63, 3.8) is 0 Å². The van der Waals surface area contributed by atoms with Crippen LogP contribution in [0.4, 0.5) is 0 Å². The minimum atomic E-state index is -0.198. The van der Waals surface area contributed by atoms with Gasteiger partial charge in [0.2, 0.25) is 5.91 Å². The van der Waals surface area contributed by atoms with Crippen molar-refractivity contribution in [1.82, 2.24) is 10.6 Å². The smallest absolute Gasteiger partial charge is 0.226 e. The summed E-state index contributed by atoms with van der Waals surface area (Å²) < 4.78 is 0. The van der Waals surface area contributed by atoms with Crippen LogP contribution < -0.4 is 10.6 Å². The molecule has 1 saturated heterocycles. The lowest BCUT2D eigenvalue weighted by molar-refractivity contribution is -0.131. The Morgan fingerprint density at radius 1 is 1.47 bits per heavy atom. The van der Waals surface area contributed by atoms with Gasteiger partial charge in [-0.3, -0.25) is 4.79 Å². The molecule has 2 heterocycles. The minimum Gasteiger partial charge on any atom is -0.355 e. The van der Waals surface area contributed by atoms with E-state index in [-0.39, 0.29) is 16.7 Å². The molecule has 0 unspecified atom stereocenters. The van der Waals surface area contributed by atoms with Crippen molar-refractivity contribution in [2.24, 2.45) is 5.41 Å². The Labute approximate surface area is 119 Å². The van der Waals surface area contributed by atoms with E-state index in [0.29, 0.717) is 6.54 Å². The molecule has 0 radical (unpaired) electrons. The number of piperidine rings is 1. The molecule has 3 nitrogen and oxygen atoms in total. The zero-order valence-electron chi connectivity index (χ0n) is 12.1. The number of nitrogens with one attached hydrogen (secondary N) is 2. The van der Waals surface area contributed by atoms with Crippen molar-refractivity contribution >= 4 is 17.2 Å². The number of thiophene rings is 1. The number of rotatable bonds is 4. The first-order valence-electron chi connectivity index (χ1n) is 6.97. The molecule has 106 valence electrons. The summed E-state index contributed by atoms with van der Waals surface area (Å²) in [6.45, 7) is 9.04. The zero-order valence-corrected chi connectivity index (χ0v) is 12.9. The molecule has 2 rings (SSSR count). The SMILES string of the molecule is CC1(C(=O)NCC(C)(C)c2cccs2)CCNCC1. The van der Waals surface area contributed by atoms with Crippen molar-refractivity contribution in [3.8, 4) is 0 Å². The van der Waals surface area contributed by atoms with Crippen LogP contribution in [0.2, 0.25) is 0 Å². The Bertz CT molecular complexity index is 419. The van der Waals surface area contributed by atoms with Crippen LogP contribution in [0.3, 0.4) is 0 Å². The lowest BCUT2D eigenvalue weighted by Gasteiger charge is -2.34. The van der Waals surface area contributed by atoms with E-state index in [1.54, 1.807) is 11.3 Å². The maximum Gasteiger partial charge on any atom is 0.226 e. The van der Waals surface area contributed by atoms with E-state index in [2.05, 4.69) is 48.9 Å². The Hall–Kier alpha value is -0.870. The fraction of sp³-hybridized carbons (Fsp3) is 0.667. The second kappa shape index (κ2) is 5.63. The quantitative estimate of drug-likeness (QED) is 0.890. The van der Waals surface area contributed by atoms with Gasteiger partial charge < -0.3 is 10.6 Å². The van der Waals surface area contributed by atoms with Gasteiger partial charge in [0.1, 0.15) is 0 Å². The van der Waals surface area contributed by atoms with Crippen molar-refractivity contribution in [1.29, 1.82) is 0 Å². The molecule has 1 amide bonds. The Balaban J connectivity index is 1.93. The van der Waals surface area contributed by atoms with E-state index < -0.39 is 0 Å². The Morgan fingerprint density at radius 3 is 2.74 bits per heavy atom. The summed E-state index contributed by atoms with van der Waals surface area (Å²) in [5.41, 5.74) is -0.191. The third kappa shape index (κ3) is 3.37. The van der Waals surface area contributed by atoms with E-state index in [1.165, 1.54) is 4.88 Å². The van der Waals surface area contributed by atoms with Crippen LogP contribution in [0.5, 0.6) is 0 Å². The molecule has 0 saturated carbocycles. The number of hydrogen-bond donors (Lipinski definition) is 2. The summed E-state index contributed by atoms with van der Waals surface area (Å²) in [4.78, 5) is 13.7. The average molecular weight is 280 g/mol. The summed E-state index contributed by atoms with van der Waals surface area (Å²) in [6.07, 6.45) is 1.86. The highest BCUT2D eigenvalue weighted by Gasteiger charge is 2.35. The van der Waals surface area contributed by atoms with E-state index in [1.807, 2.05) is 0 Å². The molecule has 1 aliphatic rings. The number of carbonyl (C=O) groups is 1. The number of amides is 1. The fourth-order valence-corrected chi connectivity index (χ4v) is 3.32. The molecule has 4 heteroatoms. The fourth-order valence-electron chi connectivity index (χ4n) is 2.47. The lowest BCUT2D eigenvalue weighted by Crippen LogP contribution is -2.48. The summed E-state index contributed by atoms with van der Waals surface area (Å²) >= 11 is 1.75. The lowest BCUT2D eigenvalue weighted by atomic mass is 9.79. The Kier molecular flexibility index (Phi) is 4.31. The van der Waals surface area contributed by atoms with Crippen LogP contribution in [0.1, 0.15) is 38.5 Å². The summed E-state index contributed by atoms with van der Waals surface area (Å²) in [6, 6.07) is 4.21. The molecule has 0 aliphatic carbocycles. The molecule has 0 aromatic carbocycles. The van der Waals surface area contributed by atoms with Gasteiger partial charge in [-0.25, -0.2) is 0 Å². The third-order valence-corrected chi connectivity index (χ3v) is 5.37. The largest absolute Gasteiger partial charge is 0.355 e. The standard InChI is InChI=1S/C15H24N2OS/c1-14(2,12-5-4-10-19-12)11-17-13(18)15(3)6-8-16-9-7-15/h4-5,10,16H,6-9,11H2,1-3H3,(H,17,18). The highest BCUT2D eigenvalue weighted by molar-refractivity contribution is 7.10. The number of carbonyl (C=O) groups excluding carboxylic acids is 1. The highest BCUT2D eigenvalue weighted by atomic mass is 32.1. The van der Waals surface area contributed by atoms with E-state index in [4.69, 9.17) is 0 Å². The highest BCUT2D eigenvalue weighted by Crippen LogP contribution is 2.30. The van der Waals surface area contributed by atoms with E-state index >= 15 is 0 Å². The molecule has 19 heavy (non-hydrogen) atoms. The van der Waals surface area contributed by atoms with Gasteiger partial charge in [0, 0.05) is 22.3 Å². The second-order valence-electron chi connectivity index (χ2n) is 6.35. The van der Waals surface area contributed by atoms with Gasteiger partial charge in [-0.1, -0.05) is 26.8 Å². The molecule has 1 fully saturated rings. The maximum atomic E-state index is 12.4. The molecule has 2 N–H and O–H groups in total. The van der Waals surface area contributed by atoms with Gasteiger partial charge in [0.25, 0.3) is 0 Å². The van der Waals surface area contributed by atoms with Gasteiger partial charge >= 0.3 is 0 Å². The van der Waals surface area contributed by atoms with Crippen LogP contribution in [0.25, 0.3) is 0 Å². The predicted molar refractivity (Wildman–Crippen MR) is 80.6 cm³/mol.